The van der Waals surface area contributed by atoms with E-state index in [2.05, 4.69) is 17.8 Å². The topological polar surface area (TPSA) is 67.4 Å². The fraction of sp³-hybridized carbons (Fsp3) is 0.333. The third kappa shape index (κ3) is 7.31. The van der Waals surface area contributed by atoms with Gasteiger partial charge in [-0.05, 0) is 55.0 Å². The summed E-state index contributed by atoms with van der Waals surface area (Å²) in [6, 6.07) is 13.2. The van der Waals surface area contributed by atoms with Gasteiger partial charge in [-0.1, -0.05) is 44.2 Å². The molecule has 0 aliphatic carbocycles. The minimum Gasteiger partial charge on any atom is -0.494 e. The lowest BCUT2D eigenvalue weighted by Gasteiger charge is -2.09. The van der Waals surface area contributed by atoms with E-state index in [1.165, 1.54) is 25.7 Å². The molecule has 6 heteroatoms. The average Bonchev–Trinajstić information content (AvgIpc) is 2.69. The number of rotatable bonds is 9. The first kappa shape index (κ1) is 20.8. The summed E-state index contributed by atoms with van der Waals surface area (Å²) in [5.41, 5.74) is 5.61. The van der Waals surface area contributed by atoms with E-state index in [0.29, 0.717) is 22.8 Å². The summed E-state index contributed by atoms with van der Waals surface area (Å²) in [7, 11) is 0. The number of hydrogen-bond donors (Lipinski definition) is 2. The Balaban J connectivity index is 1.74. The maximum atomic E-state index is 12.1. The van der Waals surface area contributed by atoms with Crippen molar-refractivity contribution in [2.24, 2.45) is 0 Å². The van der Waals surface area contributed by atoms with E-state index in [9.17, 15) is 9.59 Å². The number of unbranched alkanes of at least 4 members (excludes halogenated alkanes) is 4. The van der Waals surface area contributed by atoms with Crippen LogP contribution in [0.4, 0.5) is 0 Å². The molecule has 0 saturated heterocycles. The predicted octanol–water partition coefficient (Wildman–Crippen LogP) is 4.76. The summed E-state index contributed by atoms with van der Waals surface area (Å²) in [4.78, 5) is 24.1. The highest BCUT2D eigenvalue weighted by Crippen LogP contribution is 2.13. The number of benzene rings is 2. The first-order valence-electron chi connectivity index (χ1n) is 9.19. The highest BCUT2D eigenvalue weighted by Gasteiger charge is 2.09. The van der Waals surface area contributed by atoms with Gasteiger partial charge in [-0.25, -0.2) is 0 Å². The smallest absolute Gasteiger partial charge is 0.269 e. The van der Waals surface area contributed by atoms with Crippen LogP contribution in [0, 0.1) is 0 Å². The van der Waals surface area contributed by atoms with Crippen LogP contribution < -0.4 is 15.6 Å². The number of hydrazine groups is 1. The lowest BCUT2D eigenvalue weighted by atomic mass is 10.2. The average molecular weight is 389 g/mol. The molecule has 27 heavy (non-hydrogen) atoms. The molecule has 0 unspecified atom stereocenters. The van der Waals surface area contributed by atoms with Crippen LogP contribution in [0.15, 0.2) is 48.5 Å². The largest absolute Gasteiger partial charge is 0.494 e. The second-order valence-corrected chi connectivity index (χ2v) is 6.64. The number of halogens is 1. The Morgan fingerprint density at radius 1 is 0.815 bits per heavy atom. The van der Waals surface area contributed by atoms with Crippen LogP contribution in [0.2, 0.25) is 5.02 Å². The molecule has 0 bridgehead atoms. The molecule has 0 saturated carbocycles. The van der Waals surface area contributed by atoms with Gasteiger partial charge < -0.3 is 4.74 Å². The molecular weight excluding hydrogens is 364 g/mol. The van der Waals surface area contributed by atoms with E-state index in [1.807, 2.05) is 0 Å². The maximum absolute atomic E-state index is 12.1. The van der Waals surface area contributed by atoms with Gasteiger partial charge in [0.05, 0.1) is 6.61 Å². The Morgan fingerprint density at radius 3 is 1.89 bits per heavy atom. The molecule has 0 heterocycles. The molecule has 144 valence electrons. The number of nitrogens with one attached hydrogen (secondary N) is 2. The Labute approximate surface area is 165 Å². The molecule has 0 spiro atoms. The quantitative estimate of drug-likeness (QED) is 0.480. The molecule has 0 aliphatic rings. The van der Waals surface area contributed by atoms with Crippen molar-refractivity contribution in [3.05, 3.63) is 64.7 Å². The Bertz CT molecular complexity index is 730. The molecule has 0 atom stereocenters. The lowest BCUT2D eigenvalue weighted by Crippen LogP contribution is -2.41. The summed E-state index contributed by atoms with van der Waals surface area (Å²) in [5, 5.41) is 0.541. The van der Waals surface area contributed by atoms with E-state index in [4.69, 9.17) is 16.3 Å². The zero-order valence-electron chi connectivity index (χ0n) is 15.5. The molecular formula is C21H25ClN2O3. The minimum atomic E-state index is -0.414. The molecule has 0 radical (unpaired) electrons. The maximum Gasteiger partial charge on any atom is 0.269 e. The Hall–Kier alpha value is -2.53. The number of ether oxygens (including phenoxy) is 1. The Morgan fingerprint density at radius 2 is 1.33 bits per heavy atom. The summed E-state index contributed by atoms with van der Waals surface area (Å²) >= 11 is 5.79. The number of amides is 2. The standard InChI is InChI=1S/C21H25ClN2O3/c1-2-3-4-5-6-15-27-19-13-9-17(10-14-19)21(26)24-23-20(25)16-7-11-18(22)12-8-16/h7-14H,2-6,15H2,1H3,(H,23,25)(H,24,26). The monoisotopic (exact) mass is 388 g/mol. The van der Waals surface area contributed by atoms with Crippen molar-refractivity contribution in [1.29, 1.82) is 0 Å². The third-order valence-corrected chi connectivity index (χ3v) is 4.28. The van der Waals surface area contributed by atoms with Gasteiger partial charge in [0, 0.05) is 16.1 Å². The van der Waals surface area contributed by atoms with Crippen molar-refractivity contribution in [3.63, 3.8) is 0 Å². The summed E-state index contributed by atoms with van der Waals surface area (Å²) in [6.07, 6.45) is 5.92. The van der Waals surface area contributed by atoms with E-state index in [1.54, 1.807) is 48.5 Å². The van der Waals surface area contributed by atoms with Crippen molar-refractivity contribution >= 4 is 23.4 Å². The first-order chi connectivity index (χ1) is 13.1. The molecule has 2 amide bonds. The lowest BCUT2D eigenvalue weighted by molar-refractivity contribution is 0.0846. The van der Waals surface area contributed by atoms with Crippen molar-refractivity contribution in [1.82, 2.24) is 10.9 Å². The number of hydrogen-bond acceptors (Lipinski definition) is 3. The molecule has 0 fully saturated rings. The zero-order valence-corrected chi connectivity index (χ0v) is 16.2. The van der Waals surface area contributed by atoms with Crippen molar-refractivity contribution in [2.75, 3.05) is 6.61 Å². The summed E-state index contributed by atoms with van der Waals surface area (Å²) in [5.74, 6) is -0.0845. The van der Waals surface area contributed by atoms with Crippen LogP contribution in [0.25, 0.3) is 0 Å². The molecule has 2 aromatic rings. The Kier molecular flexibility index (Phi) is 8.65. The first-order valence-corrected chi connectivity index (χ1v) is 9.57. The van der Waals surface area contributed by atoms with Crippen LogP contribution >= 0.6 is 11.6 Å². The van der Waals surface area contributed by atoms with Gasteiger partial charge in [0.1, 0.15) is 5.75 Å². The van der Waals surface area contributed by atoms with Gasteiger partial charge in [0.2, 0.25) is 0 Å². The second kappa shape index (κ2) is 11.2. The van der Waals surface area contributed by atoms with Crippen molar-refractivity contribution < 1.29 is 14.3 Å². The van der Waals surface area contributed by atoms with Crippen LogP contribution in [-0.2, 0) is 0 Å². The molecule has 0 aromatic heterocycles. The predicted molar refractivity (Wildman–Crippen MR) is 107 cm³/mol. The van der Waals surface area contributed by atoms with Gasteiger partial charge in [-0.2, -0.15) is 0 Å². The van der Waals surface area contributed by atoms with Gasteiger partial charge in [0.15, 0.2) is 0 Å². The molecule has 5 nitrogen and oxygen atoms in total. The van der Waals surface area contributed by atoms with Crippen LogP contribution in [0.5, 0.6) is 5.75 Å². The van der Waals surface area contributed by atoms with E-state index < -0.39 is 11.8 Å². The fourth-order valence-electron chi connectivity index (χ4n) is 2.46. The molecule has 0 aliphatic heterocycles. The van der Waals surface area contributed by atoms with Crippen LogP contribution in [-0.4, -0.2) is 18.4 Å². The van der Waals surface area contributed by atoms with Gasteiger partial charge in [-0.3, -0.25) is 20.4 Å². The van der Waals surface area contributed by atoms with Gasteiger partial charge in [0.25, 0.3) is 11.8 Å². The summed E-state index contributed by atoms with van der Waals surface area (Å²) < 4.78 is 5.67. The molecule has 2 N–H and O–H groups in total. The van der Waals surface area contributed by atoms with Gasteiger partial charge in [-0.15, -0.1) is 0 Å². The van der Waals surface area contributed by atoms with Crippen LogP contribution in [0.1, 0.15) is 59.7 Å². The van der Waals surface area contributed by atoms with Crippen LogP contribution in [0.3, 0.4) is 0 Å². The zero-order chi connectivity index (χ0) is 19.5. The normalized spacial score (nSPS) is 10.3. The number of carbonyl (C=O) groups excluding carboxylic acids is 2. The second-order valence-electron chi connectivity index (χ2n) is 6.20. The van der Waals surface area contributed by atoms with E-state index >= 15 is 0 Å². The number of carbonyl (C=O) groups is 2. The SMILES string of the molecule is CCCCCCCOc1ccc(C(=O)NNC(=O)c2ccc(Cl)cc2)cc1. The van der Waals surface area contributed by atoms with Gasteiger partial charge >= 0.3 is 0 Å². The highest BCUT2D eigenvalue weighted by atomic mass is 35.5. The molecule has 2 aromatic carbocycles. The van der Waals surface area contributed by atoms with E-state index in [-0.39, 0.29) is 0 Å². The van der Waals surface area contributed by atoms with Crippen molar-refractivity contribution in [2.45, 2.75) is 39.0 Å². The summed E-state index contributed by atoms with van der Waals surface area (Å²) in [6.45, 7) is 2.86. The third-order valence-electron chi connectivity index (χ3n) is 4.03. The van der Waals surface area contributed by atoms with Crippen molar-refractivity contribution in [3.8, 4) is 5.75 Å². The molecule has 2 rings (SSSR count). The highest BCUT2D eigenvalue weighted by molar-refractivity contribution is 6.30. The minimum absolute atomic E-state index is 0.400. The van der Waals surface area contributed by atoms with E-state index in [0.717, 1.165) is 12.2 Å². The fourth-order valence-corrected chi connectivity index (χ4v) is 2.58.